The fourth-order valence-corrected chi connectivity index (χ4v) is 5.77. The van der Waals surface area contributed by atoms with Crippen molar-refractivity contribution in [3.63, 3.8) is 0 Å². The van der Waals surface area contributed by atoms with Crippen molar-refractivity contribution in [2.75, 3.05) is 45.2 Å². The molecular weight excluding hydrogens is 626 g/mol. The van der Waals surface area contributed by atoms with E-state index in [9.17, 15) is 23.2 Å². The van der Waals surface area contributed by atoms with Gasteiger partial charge in [-0.15, -0.1) is 0 Å². The Hall–Kier alpha value is -4.56. The number of carbonyl (C=O) groups excluding carboxylic acids is 3. The van der Waals surface area contributed by atoms with Gasteiger partial charge in [0.25, 0.3) is 18.3 Å². The molecule has 0 saturated carbocycles. The van der Waals surface area contributed by atoms with Gasteiger partial charge in [0.2, 0.25) is 11.7 Å². The normalized spacial score (nSPS) is 16.3. The summed E-state index contributed by atoms with van der Waals surface area (Å²) in [7, 11) is 2.74. The molecule has 0 bridgehead atoms. The summed E-state index contributed by atoms with van der Waals surface area (Å²) < 4.78 is 35.0. The smallest absolute Gasteiger partial charge is 0.291 e. The van der Waals surface area contributed by atoms with Gasteiger partial charge in [-0.05, 0) is 68.6 Å². The second kappa shape index (κ2) is 15.6. The van der Waals surface area contributed by atoms with Crippen LogP contribution in [0.1, 0.15) is 40.2 Å². The zero-order chi connectivity index (χ0) is 33.4. The third kappa shape index (κ3) is 7.80. The Labute approximate surface area is 269 Å². The van der Waals surface area contributed by atoms with Crippen LogP contribution in [-0.2, 0) is 16.6 Å². The van der Waals surface area contributed by atoms with Crippen LogP contribution < -0.4 is 20.7 Å². The molecule has 2 fully saturated rings. The van der Waals surface area contributed by atoms with Gasteiger partial charge in [-0.25, -0.2) is 9.37 Å². The number of nitrogens with zero attached hydrogens (tertiary/aromatic N) is 3. The second-order valence-electron chi connectivity index (χ2n) is 10.9. The number of imidazole rings is 1. The number of nitrogens with one attached hydrogen (secondary N) is 3. The number of carboxylic acid groups (broad SMARTS) is 1. The van der Waals surface area contributed by atoms with Crippen molar-refractivity contribution in [1.82, 2.24) is 25.1 Å². The number of piperidine rings is 1. The molecule has 1 atom stereocenters. The molecule has 5 rings (SSSR count). The number of carbonyl (C=O) groups is 4. The van der Waals surface area contributed by atoms with Gasteiger partial charge in [-0.3, -0.25) is 19.2 Å². The van der Waals surface area contributed by atoms with E-state index in [2.05, 4.69) is 20.9 Å². The number of ether oxygens (including phenoxy) is 1. The first-order chi connectivity index (χ1) is 22.1. The quantitative estimate of drug-likeness (QED) is 0.268. The number of hydrogen-bond donors (Lipinski definition) is 4. The van der Waals surface area contributed by atoms with Gasteiger partial charge in [-0.1, -0.05) is 11.6 Å². The highest BCUT2D eigenvalue weighted by atomic mass is 35.5. The number of halogens is 3. The molecule has 0 spiro atoms. The summed E-state index contributed by atoms with van der Waals surface area (Å²) in [6.45, 7) is 3.22. The standard InChI is InChI=1S/C30H33ClF2N6O4.CH2O2/c1-38-23(21-5-6-24(43-2)26(33)25(21)32)16-35-27(38)29(41)37-19-3-4-20(22(31)13-19)30(42)39-11-8-18(9-12-39)28(40)36-15-17-7-10-34-14-17;2-1-3/h3-6,13,16-18,34H,7-12,14-15H2,1-2H3,(H,36,40)(H,37,41);1H,(H,2,3). The lowest BCUT2D eigenvalue weighted by molar-refractivity contribution is -0.126. The maximum atomic E-state index is 14.6. The molecule has 15 heteroatoms. The average Bonchev–Trinajstić information content (AvgIpc) is 3.71. The average molecular weight is 661 g/mol. The van der Waals surface area contributed by atoms with E-state index in [1.807, 2.05) is 0 Å². The van der Waals surface area contributed by atoms with Crippen LogP contribution in [0.25, 0.3) is 11.3 Å². The molecule has 0 radical (unpaired) electrons. The molecule has 1 unspecified atom stereocenters. The molecule has 46 heavy (non-hydrogen) atoms. The van der Waals surface area contributed by atoms with Crippen molar-refractivity contribution in [2.45, 2.75) is 19.3 Å². The summed E-state index contributed by atoms with van der Waals surface area (Å²) in [5.74, 6) is -3.02. The van der Waals surface area contributed by atoms with E-state index in [0.717, 1.165) is 19.5 Å². The van der Waals surface area contributed by atoms with E-state index in [4.69, 9.17) is 26.2 Å². The number of rotatable bonds is 8. The second-order valence-corrected chi connectivity index (χ2v) is 11.3. The van der Waals surface area contributed by atoms with Crippen LogP contribution in [0.4, 0.5) is 14.5 Å². The number of aromatic nitrogens is 2. The molecule has 3 amide bonds. The van der Waals surface area contributed by atoms with Gasteiger partial charge in [-0.2, -0.15) is 4.39 Å². The minimum absolute atomic E-state index is 0.0401. The van der Waals surface area contributed by atoms with Crippen molar-refractivity contribution in [3.8, 4) is 17.0 Å². The van der Waals surface area contributed by atoms with Gasteiger partial charge in [0.15, 0.2) is 17.4 Å². The molecule has 2 aliphatic heterocycles. The van der Waals surface area contributed by atoms with Crippen molar-refractivity contribution in [2.24, 2.45) is 18.9 Å². The topological polar surface area (TPSA) is 155 Å². The van der Waals surface area contributed by atoms with Crippen LogP contribution in [0.15, 0.2) is 36.5 Å². The van der Waals surface area contributed by atoms with Crippen LogP contribution >= 0.6 is 11.6 Å². The third-order valence-corrected chi connectivity index (χ3v) is 8.38. The monoisotopic (exact) mass is 660 g/mol. The molecular formula is C31H35ClF2N6O6. The van der Waals surface area contributed by atoms with Crippen LogP contribution in [0, 0.1) is 23.5 Å². The maximum Gasteiger partial charge on any atom is 0.291 e. The highest BCUT2D eigenvalue weighted by Crippen LogP contribution is 2.30. The Morgan fingerprint density at radius 1 is 1.15 bits per heavy atom. The van der Waals surface area contributed by atoms with E-state index >= 15 is 0 Å². The van der Waals surface area contributed by atoms with Crippen molar-refractivity contribution < 1.29 is 37.8 Å². The summed E-state index contributed by atoms with van der Waals surface area (Å²) >= 11 is 6.45. The largest absolute Gasteiger partial charge is 0.494 e. The Kier molecular flexibility index (Phi) is 11.7. The summed E-state index contributed by atoms with van der Waals surface area (Å²) in [6.07, 6.45) is 3.48. The minimum Gasteiger partial charge on any atom is -0.494 e. The van der Waals surface area contributed by atoms with Crippen molar-refractivity contribution >= 4 is 41.5 Å². The van der Waals surface area contributed by atoms with Gasteiger partial charge >= 0.3 is 0 Å². The molecule has 246 valence electrons. The summed E-state index contributed by atoms with van der Waals surface area (Å²) in [5, 5.41) is 16.1. The summed E-state index contributed by atoms with van der Waals surface area (Å²) in [4.78, 5) is 52.9. The Balaban J connectivity index is 0.00000154. The predicted octanol–water partition coefficient (Wildman–Crippen LogP) is 3.56. The van der Waals surface area contributed by atoms with Crippen molar-refractivity contribution in [3.05, 3.63) is 64.6 Å². The summed E-state index contributed by atoms with van der Waals surface area (Å²) in [5.41, 5.74) is 0.721. The van der Waals surface area contributed by atoms with E-state index in [-0.39, 0.29) is 57.6 Å². The van der Waals surface area contributed by atoms with Gasteiger partial charge in [0.05, 0.1) is 29.6 Å². The van der Waals surface area contributed by atoms with E-state index in [1.54, 1.807) is 11.0 Å². The zero-order valence-corrected chi connectivity index (χ0v) is 26.1. The molecule has 3 heterocycles. The molecule has 2 saturated heterocycles. The Morgan fingerprint density at radius 2 is 1.87 bits per heavy atom. The van der Waals surface area contributed by atoms with E-state index in [1.165, 1.54) is 49.2 Å². The fraction of sp³-hybridized carbons (Fsp3) is 0.387. The number of amides is 3. The first kappa shape index (κ1) is 34.3. The van der Waals surface area contributed by atoms with Crippen LogP contribution in [-0.4, -0.2) is 83.6 Å². The predicted molar refractivity (Wildman–Crippen MR) is 166 cm³/mol. The van der Waals surface area contributed by atoms with Gasteiger partial charge < -0.3 is 35.3 Å². The number of benzene rings is 2. The van der Waals surface area contributed by atoms with Crippen LogP contribution in [0.5, 0.6) is 5.75 Å². The SMILES string of the molecule is COc1ccc(-c2cnc(C(=O)Nc3ccc(C(=O)N4CCC(C(=O)NCC5CCNC5)CC4)c(Cl)c3)n2C)c(F)c1F.O=CO. The van der Waals surface area contributed by atoms with Gasteiger partial charge in [0.1, 0.15) is 0 Å². The lowest BCUT2D eigenvalue weighted by Crippen LogP contribution is -2.44. The Bertz CT molecular complexity index is 1590. The number of anilines is 1. The third-order valence-electron chi connectivity index (χ3n) is 8.07. The molecule has 3 aromatic rings. The van der Waals surface area contributed by atoms with E-state index < -0.39 is 17.5 Å². The molecule has 2 aromatic carbocycles. The van der Waals surface area contributed by atoms with Gasteiger partial charge in [0, 0.05) is 43.9 Å². The molecule has 1 aromatic heterocycles. The highest BCUT2D eigenvalue weighted by Gasteiger charge is 2.29. The molecule has 12 nitrogen and oxygen atoms in total. The molecule has 2 aliphatic rings. The lowest BCUT2D eigenvalue weighted by Gasteiger charge is -2.31. The first-order valence-corrected chi connectivity index (χ1v) is 15.0. The van der Waals surface area contributed by atoms with Crippen LogP contribution in [0.2, 0.25) is 5.02 Å². The summed E-state index contributed by atoms with van der Waals surface area (Å²) in [6, 6.07) is 7.19. The minimum atomic E-state index is -1.14. The lowest BCUT2D eigenvalue weighted by atomic mass is 9.95. The Morgan fingerprint density at radius 3 is 2.50 bits per heavy atom. The first-order valence-electron chi connectivity index (χ1n) is 14.6. The van der Waals surface area contributed by atoms with E-state index in [0.29, 0.717) is 44.1 Å². The van der Waals surface area contributed by atoms with Crippen LogP contribution in [0.3, 0.4) is 0 Å². The van der Waals surface area contributed by atoms with Crippen molar-refractivity contribution in [1.29, 1.82) is 0 Å². The number of hydrogen-bond acceptors (Lipinski definition) is 7. The fourth-order valence-electron chi connectivity index (χ4n) is 5.50. The zero-order valence-electron chi connectivity index (χ0n) is 25.3. The maximum absolute atomic E-state index is 14.6. The molecule has 4 N–H and O–H groups in total. The number of likely N-dealkylation sites (tertiary alicyclic amines) is 1. The highest BCUT2D eigenvalue weighted by molar-refractivity contribution is 6.34. The number of methoxy groups -OCH3 is 1. The molecule has 0 aliphatic carbocycles.